The number of amides is 1. The van der Waals surface area contributed by atoms with Crippen LogP contribution in [0.3, 0.4) is 0 Å². The lowest BCUT2D eigenvalue weighted by Crippen LogP contribution is -2.20. The van der Waals surface area contributed by atoms with Crippen LogP contribution in [0.1, 0.15) is 62.0 Å². The van der Waals surface area contributed by atoms with Crippen molar-refractivity contribution in [2.24, 2.45) is 17.6 Å². The van der Waals surface area contributed by atoms with E-state index in [4.69, 9.17) is 15.8 Å². The number of H-pyrrole nitrogens is 1. The van der Waals surface area contributed by atoms with Gasteiger partial charge in [-0.05, 0) is 43.9 Å². The van der Waals surface area contributed by atoms with Crippen molar-refractivity contribution in [3.8, 4) is 22.9 Å². The number of benzene rings is 1. The second-order valence-corrected chi connectivity index (χ2v) is 9.52. The van der Waals surface area contributed by atoms with Crippen LogP contribution in [0.5, 0.6) is 0 Å². The molecule has 0 radical (unpaired) electrons. The number of aryl methyl sites for hydroxylation is 2. The Balaban J connectivity index is 1.54. The maximum atomic E-state index is 12.2. The van der Waals surface area contributed by atoms with E-state index in [1.54, 1.807) is 6.07 Å². The number of nitrogens with zero attached hydrogens (tertiary/aromatic N) is 6. The average Bonchev–Trinajstić information content (AvgIpc) is 3.57. The molecule has 0 aliphatic heterocycles. The van der Waals surface area contributed by atoms with Gasteiger partial charge in [0.2, 0.25) is 5.91 Å². The van der Waals surface area contributed by atoms with Gasteiger partial charge in [-0.25, -0.2) is 4.98 Å². The predicted molar refractivity (Wildman–Crippen MR) is 131 cm³/mol. The minimum atomic E-state index is -0.480. The van der Waals surface area contributed by atoms with Gasteiger partial charge in [0.05, 0.1) is 17.4 Å². The third-order valence-corrected chi connectivity index (χ3v) is 7.13. The number of aromatic nitrogens is 7. The Bertz CT molecular complexity index is 1320. The van der Waals surface area contributed by atoms with Gasteiger partial charge in [0, 0.05) is 29.6 Å². The van der Waals surface area contributed by atoms with Crippen molar-refractivity contribution < 1.29 is 4.79 Å². The van der Waals surface area contributed by atoms with Crippen LogP contribution in [0.15, 0.2) is 24.4 Å². The first kappa shape index (κ1) is 22.3. The van der Waals surface area contributed by atoms with Crippen molar-refractivity contribution >= 4 is 16.8 Å². The predicted octanol–water partition coefficient (Wildman–Crippen LogP) is 4.33. The van der Waals surface area contributed by atoms with Crippen LogP contribution < -0.4 is 5.73 Å². The molecule has 3 aromatic heterocycles. The molecule has 4 aromatic rings. The summed E-state index contributed by atoms with van der Waals surface area (Å²) in [6.45, 7) is 7.84. The summed E-state index contributed by atoms with van der Waals surface area (Å²) in [5, 5.41) is 17.6. The van der Waals surface area contributed by atoms with E-state index >= 15 is 0 Å². The highest BCUT2D eigenvalue weighted by atomic mass is 16.1. The Morgan fingerprint density at radius 2 is 2.00 bits per heavy atom. The summed E-state index contributed by atoms with van der Waals surface area (Å²) in [4.78, 5) is 16.9. The molecule has 3 N–H and O–H groups in total. The minimum absolute atomic E-state index is 0.426. The van der Waals surface area contributed by atoms with Gasteiger partial charge in [-0.3, -0.25) is 19.3 Å². The van der Waals surface area contributed by atoms with Gasteiger partial charge in [-0.2, -0.15) is 15.3 Å². The number of rotatable bonds is 7. The van der Waals surface area contributed by atoms with E-state index in [2.05, 4.69) is 22.2 Å². The molecular weight excluding hydrogens is 428 g/mol. The zero-order chi connectivity index (χ0) is 23.8. The Kier molecular flexibility index (Phi) is 5.93. The molecule has 0 saturated heterocycles. The SMILES string of the molecule is CCn1nc(C)cc1-c1nc(-c2cc(C(N)=O)cc3c2cnn3C[C@H](C)C2CCCCC2)n[nH]1. The molecule has 178 valence electrons. The minimum Gasteiger partial charge on any atom is -0.366 e. The monoisotopic (exact) mass is 460 g/mol. The number of nitrogens with two attached hydrogens (primary N) is 1. The molecule has 3 heterocycles. The molecule has 0 spiro atoms. The summed E-state index contributed by atoms with van der Waals surface area (Å²) < 4.78 is 3.90. The fourth-order valence-corrected chi connectivity index (χ4v) is 5.25. The molecular formula is C25H32N8O. The van der Waals surface area contributed by atoms with E-state index in [0.29, 0.717) is 29.0 Å². The number of nitrogens with one attached hydrogen (secondary N) is 1. The van der Waals surface area contributed by atoms with Gasteiger partial charge in [-0.1, -0.05) is 39.0 Å². The molecule has 34 heavy (non-hydrogen) atoms. The maximum Gasteiger partial charge on any atom is 0.248 e. The number of carbonyl (C=O) groups excluding carboxylic acids is 1. The van der Waals surface area contributed by atoms with E-state index in [0.717, 1.165) is 40.9 Å². The fraction of sp³-hybridized carbons (Fsp3) is 0.480. The lowest BCUT2D eigenvalue weighted by molar-refractivity contribution is 0.100. The van der Waals surface area contributed by atoms with Crippen molar-refractivity contribution in [3.63, 3.8) is 0 Å². The molecule has 5 rings (SSSR count). The highest BCUT2D eigenvalue weighted by Gasteiger charge is 2.23. The molecule has 1 amide bonds. The second kappa shape index (κ2) is 9.04. The second-order valence-electron chi connectivity index (χ2n) is 9.52. The number of hydrogen-bond donors (Lipinski definition) is 2. The van der Waals surface area contributed by atoms with Crippen molar-refractivity contribution in [1.29, 1.82) is 0 Å². The fourth-order valence-electron chi connectivity index (χ4n) is 5.25. The van der Waals surface area contributed by atoms with Gasteiger partial charge < -0.3 is 5.73 Å². The molecule has 9 heteroatoms. The van der Waals surface area contributed by atoms with Crippen LogP contribution in [0.2, 0.25) is 0 Å². The molecule has 1 aliphatic rings. The first-order valence-corrected chi connectivity index (χ1v) is 12.2. The third-order valence-electron chi connectivity index (χ3n) is 7.13. The lowest BCUT2D eigenvalue weighted by Gasteiger charge is -2.27. The average molecular weight is 461 g/mol. The zero-order valence-corrected chi connectivity index (χ0v) is 20.1. The van der Waals surface area contributed by atoms with E-state index in [-0.39, 0.29) is 0 Å². The summed E-state index contributed by atoms with van der Waals surface area (Å²) in [6.07, 6.45) is 8.39. The highest BCUT2D eigenvalue weighted by molar-refractivity contribution is 6.02. The number of aromatic amines is 1. The smallest absolute Gasteiger partial charge is 0.248 e. The lowest BCUT2D eigenvalue weighted by atomic mass is 9.81. The molecule has 1 saturated carbocycles. The summed E-state index contributed by atoms with van der Waals surface area (Å²) in [7, 11) is 0. The molecule has 1 aromatic carbocycles. The van der Waals surface area contributed by atoms with E-state index in [1.807, 2.05) is 41.5 Å². The Hall–Kier alpha value is -3.49. The van der Waals surface area contributed by atoms with Crippen molar-refractivity contribution in [2.75, 3.05) is 0 Å². The third kappa shape index (κ3) is 4.10. The van der Waals surface area contributed by atoms with Crippen LogP contribution in [0.4, 0.5) is 0 Å². The summed E-state index contributed by atoms with van der Waals surface area (Å²) >= 11 is 0. The van der Waals surface area contributed by atoms with Gasteiger partial charge in [0.15, 0.2) is 11.6 Å². The molecule has 1 atom stereocenters. The van der Waals surface area contributed by atoms with Crippen LogP contribution in [0.25, 0.3) is 33.8 Å². The number of primary amides is 1. The Labute approximate surface area is 198 Å². The largest absolute Gasteiger partial charge is 0.366 e. The van der Waals surface area contributed by atoms with Gasteiger partial charge in [-0.15, -0.1) is 0 Å². The van der Waals surface area contributed by atoms with E-state index < -0.39 is 5.91 Å². The first-order valence-electron chi connectivity index (χ1n) is 12.2. The van der Waals surface area contributed by atoms with Gasteiger partial charge >= 0.3 is 0 Å². The molecule has 0 unspecified atom stereocenters. The van der Waals surface area contributed by atoms with Crippen LogP contribution in [-0.4, -0.2) is 40.6 Å². The quantitative estimate of drug-likeness (QED) is 0.425. The van der Waals surface area contributed by atoms with Crippen molar-refractivity contribution in [2.45, 2.75) is 66.0 Å². The van der Waals surface area contributed by atoms with Crippen LogP contribution >= 0.6 is 0 Å². The van der Waals surface area contributed by atoms with E-state index in [9.17, 15) is 4.79 Å². The van der Waals surface area contributed by atoms with Crippen LogP contribution in [-0.2, 0) is 13.1 Å². The zero-order valence-electron chi connectivity index (χ0n) is 20.1. The Morgan fingerprint density at radius 1 is 1.21 bits per heavy atom. The standard InChI is InChI=1S/C25H32N8O/c1-4-32-22(10-16(3)31-32)25-28-24(29-30-25)19-11-18(23(26)34)12-21-20(19)13-27-33(21)14-15(2)17-8-6-5-7-9-17/h10-13,15,17H,4-9,14H2,1-3H3,(H2,26,34)(H,28,29,30)/t15-/m0/s1. The van der Waals surface area contributed by atoms with Gasteiger partial charge in [0.1, 0.15) is 5.69 Å². The molecule has 0 bridgehead atoms. The Morgan fingerprint density at radius 3 is 2.74 bits per heavy atom. The molecule has 1 aliphatic carbocycles. The van der Waals surface area contributed by atoms with Crippen molar-refractivity contribution in [1.82, 2.24) is 34.7 Å². The van der Waals surface area contributed by atoms with Crippen LogP contribution in [0, 0.1) is 18.8 Å². The summed E-state index contributed by atoms with van der Waals surface area (Å²) in [5.41, 5.74) is 9.54. The number of carbonyl (C=O) groups is 1. The van der Waals surface area contributed by atoms with Gasteiger partial charge in [0.25, 0.3) is 0 Å². The van der Waals surface area contributed by atoms with Crippen molar-refractivity contribution in [3.05, 3.63) is 35.7 Å². The number of fused-ring (bicyclic) bond motifs is 1. The summed E-state index contributed by atoms with van der Waals surface area (Å²) in [5.74, 6) is 1.88. The first-order chi connectivity index (χ1) is 16.4. The highest BCUT2D eigenvalue weighted by Crippen LogP contribution is 2.33. The maximum absolute atomic E-state index is 12.2. The molecule has 1 fully saturated rings. The molecule has 9 nitrogen and oxygen atoms in total. The number of hydrogen-bond acceptors (Lipinski definition) is 5. The topological polar surface area (TPSA) is 120 Å². The normalized spacial score (nSPS) is 15.7. The summed E-state index contributed by atoms with van der Waals surface area (Å²) in [6, 6.07) is 5.58. The van der Waals surface area contributed by atoms with E-state index in [1.165, 1.54) is 32.1 Å².